The Labute approximate surface area is 161 Å². The summed E-state index contributed by atoms with van der Waals surface area (Å²) < 4.78 is 1.33. The Hall–Kier alpha value is -1.13. The summed E-state index contributed by atoms with van der Waals surface area (Å²) in [4.78, 5) is 0. The molecule has 6 rings (SSSR count). The van der Waals surface area contributed by atoms with Gasteiger partial charge in [0.1, 0.15) is 6.54 Å². The van der Waals surface area contributed by atoms with E-state index in [1.54, 1.807) is 5.56 Å². The Bertz CT molecular complexity index is 810. The summed E-state index contributed by atoms with van der Waals surface area (Å²) in [5.41, 5.74) is 1.58. The molecule has 2 heteroatoms. The van der Waals surface area contributed by atoms with Crippen molar-refractivity contribution in [3.8, 4) is 0 Å². The van der Waals surface area contributed by atoms with E-state index < -0.39 is 0 Å². The van der Waals surface area contributed by atoms with E-state index in [0.29, 0.717) is 0 Å². The zero-order valence-electron chi connectivity index (χ0n) is 14.0. The van der Waals surface area contributed by atoms with Crippen molar-refractivity contribution in [3.05, 3.63) is 60.2 Å². The SMILES string of the molecule is [I-].c1ccc2c(C[N+]34CCC(CC3)CC4)c3ccccc3cc2c1. The highest BCUT2D eigenvalue weighted by molar-refractivity contribution is 6.02. The van der Waals surface area contributed by atoms with Crippen molar-refractivity contribution in [2.45, 2.75) is 25.8 Å². The van der Waals surface area contributed by atoms with Crippen LogP contribution in [0.3, 0.4) is 0 Å². The second-order valence-electron chi connectivity index (χ2n) is 7.70. The normalized spacial score (nSPS) is 25.8. The van der Waals surface area contributed by atoms with E-state index in [1.807, 2.05) is 0 Å². The average molecular weight is 429 g/mol. The lowest BCUT2D eigenvalue weighted by molar-refractivity contribution is -0.954. The van der Waals surface area contributed by atoms with E-state index in [4.69, 9.17) is 0 Å². The van der Waals surface area contributed by atoms with Crippen LogP contribution in [0, 0.1) is 5.92 Å². The van der Waals surface area contributed by atoms with Gasteiger partial charge in [0, 0.05) is 5.56 Å². The van der Waals surface area contributed by atoms with Gasteiger partial charge in [0.25, 0.3) is 0 Å². The van der Waals surface area contributed by atoms with Crippen molar-refractivity contribution in [1.82, 2.24) is 0 Å². The summed E-state index contributed by atoms with van der Waals surface area (Å²) in [6.45, 7) is 5.39. The number of hydrogen-bond acceptors (Lipinski definition) is 0. The summed E-state index contributed by atoms with van der Waals surface area (Å²) in [7, 11) is 0. The number of benzene rings is 3. The minimum atomic E-state index is 0. The third kappa shape index (κ3) is 2.64. The fraction of sp³-hybridized carbons (Fsp3) is 0.364. The standard InChI is InChI=1S/C22H24N.HI/c1-3-7-20-18(5-1)15-19-6-2-4-8-21(19)22(20)16-23-12-9-17(10-13-23)11-14-23;/h1-8,15,17H,9-14,16H2;1H/q+1;/p-1. The number of piperidine rings is 3. The molecule has 0 aromatic heterocycles. The van der Waals surface area contributed by atoms with Gasteiger partial charge in [0.05, 0.1) is 19.6 Å². The molecule has 3 heterocycles. The molecule has 0 amide bonds. The van der Waals surface area contributed by atoms with Gasteiger partial charge < -0.3 is 28.5 Å². The summed E-state index contributed by atoms with van der Waals surface area (Å²) in [6.07, 6.45) is 4.34. The van der Waals surface area contributed by atoms with E-state index in [9.17, 15) is 0 Å². The van der Waals surface area contributed by atoms with Gasteiger partial charge in [-0.05, 0) is 52.8 Å². The van der Waals surface area contributed by atoms with Crippen molar-refractivity contribution < 1.29 is 28.5 Å². The molecule has 3 saturated heterocycles. The lowest BCUT2D eigenvalue weighted by Crippen LogP contribution is -3.00. The Morgan fingerprint density at radius 2 is 1.25 bits per heavy atom. The molecule has 0 unspecified atom stereocenters. The molecule has 3 aromatic carbocycles. The van der Waals surface area contributed by atoms with Crippen LogP contribution in [0.15, 0.2) is 54.6 Å². The summed E-state index contributed by atoms with van der Waals surface area (Å²) in [6, 6.07) is 20.3. The smallest absolute Gasteiger partial charge is 0.106 e. The molecule has 2 bridgehead atoms. The topological polar surface area (TPSA) is 0 Å². The predicted molar refractivity (Wildman–Crippen MR) is 97.4 cm³/mol. The molecule has 0 atom stereocenters. The second-order valence-corrected chi connectivity index (χ2v) is 7.70. The zero-order valence-corrected chi connectivity index (χ0v) is 16.2. The molecule has 0 radical (unpaired) electrons. The van der Waals surface area contributed by atoms with E-state index in [-0.39, 0.29) is 24.0 Å². The first kappa shape index (κ1) is 16.3. The van der Waals surface area contributed by atoms with Crippen molar-refractivity contribution in [1.29, 1.82) is 0 Å². The highest BCUT2D eigenvalue weighted by Crippen LogP contribution is 2.38. The van der Waals surface area contributed by atoms with Crippen LogP contribution in [0.25, 0.3) is 21.5 Å². The molecule has 3 aliphatic heterocycles. The van der Waals surface area contributed by atoms with E-state index in [2.05, 4.69) is 54.6 Å². The molecule has 3 aliphatic rings. The fourth-order valence-electron chi connectivity index (χ4n) is 4.99. The lowest BCUT2D eigenvalue weighted by Gasteiger charge is -2.49. The highest BCUT2D eigenvalue weighted by atomic mass is 127. The minimum Gasteiger partial charge on any atom is -1.00 e. The first-order valence-electron chi connectivity index (χ1n) is 9.08. The van der Waals surface area contributed by atoms with Crippen molar-refractivity contribution in [2.75, 3.05) is 19.6 Å². The molecular weight excluding hydrogens is 405 g/mol. The fourth-order valence-corrected chi connectivity index (χ4v) is 4.99. The van der Waals surface area contributed by atoms with Crippen molar-refractivity contribution >= 4 is 21.5 Å². The molecule has 3 fully saturated rings. The van der Waals surface area contributed by atoms with Gasteiger partial charge in [0.15, 0.2) is 0 Å². The highest BCUT2D eigenvalue weighted by Gasteiger charge is 2.40. The molecule has 0 spiro atoms. The Kier molecular flexibility index (Phi) is 4.29. The molecule has 3 aromatic rings. The first-order valence-corrected chi connectivity index (χ1v) is 9.08. The second kappa shape index (κ2) is 6.30. The number of nitrogens with zero attached hydrogens (tertiary/aromatic N) is 1. The zero-order chi connectivity index (χ0) is 15.3. The Balaban J connectivity index is 0.00000146. The summed E-state index contributed by atoms with van der Waals surface area (Å²) >= 11 is 0. The quantitative estimate of drug-likeness (QED) is 0.333. The first-order chi connectivity index (χ1) is 11.3. The van der Waals surface area contributed by atoms with E-state index >= 15 is 0 Å². The van der Waals surface area contributed by atoms with E-state index in [1.165, 1.54) is 71.5 Å². The largest absolute Gasteiger partial charge is 1.00 e. The van der Waals surface area contributed by atoms with Crippen LogP contribution in [-0.2, 0) is 6.54 Å². The van der Waals surface area contributed by atoms with Gasteiger partial charge in [-0.1, -0.05) is 48.5 Å². The number of fused-ring (bicyclic) bond motifs is 5. The lowest BCUT2D eigenvalue weighted by atomic mass is 9.84. The van der Waals surface area contributed by atoms with Crippen LogP contribution in [0.1, 0.15) is 24.8 Å². The van der Waals surface area contributed by atoms with Gasteiger partial charge >= 0.3 is 0 Å². The number of rotatable bonds is 2. The number of hydrogen-bond donors (Lipinski definition) is 0. The molecule has 0 aliphatic carbocycles. The monoisotopic (exact) mass is 429 g/mol. The average Bonchev–Trinajstić information content (AvgIpc) is 2.63. The minimum absolute atomic E-state index is 0. The maximum Gasteiger partial charge on any atom is 0.106 e. The molecule has 1 nitrogen and oxygen atoms in total. The molecular formula is C22H24IN. The third-order valence-electron chi connectivity index (χ3n) is 6.41. The van der Waals surface area contributed by atoms with Gasteiger partial charge in [-0.25, -0.2) is 0 Å². The van der Waals surface area contributed by atoms with Crippen molar-refractivity contribution in [2.24, 2.45) is 5.92 Å². The van der Waals surface area contributed by atoms with Crippen LogP contribution in [0.4, 0.5) is 0 Å². The Morgan fingerprint density at radius 3 is 1.79 bits per heavy atom. The number of halogens is 1. The van der Waals surface area contributed by atoms with E-state index in [0.717, 1.165) is 5.92 Å². The van der Waals surface area contributed by atoms with Gasteiger partial charge in [-0.3, -0.25) is 0 Å². The van der Waals surface area contributed by atoms with Gasteiger partial charge in [-0.2, -0.15) is 0 Å². The summed E-state index contributed by atoms with van der Waals surface area (Å²) in [5.74, 6) is 1.03. The third-order valence-corrected chi connectivity index (χ3v) is 6.41. The van der Waals surface area contributed by atoms with Crippen LogP contribution in [-0.4, -0.2) is 24.1 Å². The van der Waals surface area contributed by atoms with Crippen molar-refractivity contribution in [3.63, 3.8) is 0 Å². The molecule has 0 N–H and O–H groups in total. The Morgan fingerprint density at radius 1 is 0.750 bits per heavy atom. The molecule has 0 saturated carbocycles. The maximum absolute atomic E-state index is 2.36. The van der Waals surface area contributed by atoms with Crippen LogP contribution in [0.2, 0.25) is 0 Å². The molecule has 24 heavy (non-hydrogen) atoms. The van der Waals surface area contributed by atoms with Crippen LogP contribution in [0.5, 0.6) is 0 Å². The predicted octanol–water partition coefficient (Wildman–Crippen LogP) is 2.13. The van der Waals surface area contributed by atoms with Gasteiger partial charge in [0.2, 0.25) is 0 Å². The molecule has 124 valence electrons. The van der Waals surface area contributed by atoms with Gasteiger partial charge in [-0.15, -0.1) is 0 Å². The summed E-state index contributed by atoms with van der Waals surface area (Å²) in [5, 5.41) is 5.72. The van der Waals surface area contributed by atoms with Crippen LogP contribution >= 0.6 is 0 Å². The van der Waals surface area contributed by atoms with Crippen LogP contribution < -0.4 is 24.0 Å². The number of quaternary nitrogens is 1. The maximum atomic E-state index is 2.36.